The van der Waals surface area contributed by atoms with Crippen LogP contribution in [0.1, 0.15) is 35.3 Å². The van der Waals surface area contributed by atoms with Gasteiger partial charge in [-0.15, -0.1) is 0 Å². The van der Waals surface area contributed by atoms with Crippen molar-refractivity contribution in [2.75, 3.05) is 0 Å². The highest BCUT2D eigenvalue weighted by molar-refractivity contribution is 6.00. The summed E-state index contributed by atoms with van der Waals surface area (Å²) in [7, 11) is 0. The average molecular weight is 252 g/mol. The number of carbonyl (C=O) groups is 1. The number of hydrogen-bond acceptors (Lipinski definition) is 1. The van der Waals surface area contributed by atoms with Crippen LogP contribution >= 0.6 is 0 Å². The van der Waals surface area contributed by atoms with E-state index in [1.807, 2.05) is 63.2 Å². The first-order valence-electron chi connectivity index (χ1n) is 6.64. The molecule has 0 aromatic heterocycles. The van der Waals surface area contributed by atoms with Gasteiger partial charge in [-0.2, -0.15) is 0 Å². The number of benzene rings is 2. The normalized spacial score (nSPS) is 11.3. The Bertz CT molecular complexity index is 550. The second kappa shape index (κ2) is 5.40. The zero-order valence-electron chi connectivity index (χ0n) is 11.8. The van der Waals surface area contributed by atoms with Gasteiger partial charge in [-0.25, -0.2) is 0 Å². The molecule has 0 fully saturated rings. The second-order valence-electron chi connectivity index (χ2n) is 5.74. The van der Waals surface area contributed by atoms with E-state index in [0.717, 1.165) is 12.0 Å². The van der Waals surface area contributed by atoms with Crippen LogP contribution in [0.15, 0.2) is 54.6 Å². The molecule has 0 aliphatic heterocycles. The van der Waals surface area contributed by atoms with Crippen LogP contribution < -0.4 is 0 Å². The van der Waals surface area contributed by atoms with Crippen molar-refractivity contribution in [2.45, 2.75) is 27.2 Å². The highest BCUT2D eigenvalue weighted by Gasteiger charge is 2.28. The van der Waals surface area contributed by atoms with Crippen molar-refractivity contribution in [1.82, 2.24) is 0 Å². The SMILES string of the molecule is Cc1ccc(C(=O)C(C)(C)Cc2ccccc2)cc1. The van der Waals surface area contributed by atoms with Crippen LogP contribution in [-0.2, 0) is 6.42 Å². The summed E-state index contributed by atoms with van der Waals surface area (Å²) in [6, 6.07) is 18.0. The van der Waals surface area contributed by atoms with E-state index in [0.29, 0.717) is 0 Å². The monoisotopic (exact) mass is 252 g/mol. The molecule has 0 aliphatic rings. The van der Waals surface area contributed by atoms with E-state index >= 15 is 0 Å². The van der Waals surface area contributed by atoms with Crippen LogP contribution in [0.2, 0.25) is 0 Å². The Morgan fingerprint density at radius 1 is 0.947 bits per heavy atom. The maximum absolute atomic E-state index is 12.6. The molecule has 0 heterocycles. The number of aryl methyl sites for hydroxylation is 1. The van der Waals surface area contributed by atoms with Crippen molar-refractivity contribution >= 4 is 5.78 Å². The molecule has 2 rings (SSSR count). The van der Waals surface area contributed by atoms with Crippen molar-refractivity contribution in [2.24, 2.45) is 5.41 Å². The number of hydrogen-bond donors (Lipinski definition) is 0. The Morgan fingerprint density at radius 3 is 2.11 bits per heavy atom. The number of Topliss-reactive ketones (excluding diaryl/α,β-unsaturated/α-hetero) is 1. The molecule has 0 bridgehead atoms. The van der Waals surface area contributed by atoms with Gasteiger partial charge < -0.3 is 0 Å². The second-order valence-corrected chi connectivity index (χ2v) is 5.74. The molecule has 0 saturated heterocycles. The van der Waals surface area contributed by atoms with Crippen LogP contribution in [0, 0.1) is 12.3 Å². The van der Waals surface area contributed by atoms with Gasteiger partial charge >= 0.3 is 0 Å². The van der Waals surface area contributed by atoms with Crippen LogP contribution in [0.4, 0.5) is 0 Å². The lowest BCUT2D eigenvalue weighted by molar-refractivity contribution is 0.0837. The summed E-state index contributed by atoms with van der Waals surface area (Å²) >= 11 is 0. The maximum atomic E-state index is 12.6. The molecule has 98 valence electrons. The molecule has 2 aromatic carbocycles. The summed E-state index contributed by atoms with van der Waals surface area (Å²) in [6.45, 7) is 6.06. The summed E-state index contributed by atoms with van der Waals surface area (Å²) in [4.78, 5) is 12.6. The molecule has 0 N–H and O–H groups in total. The zero-order chi connectivity index (χ0) is 13.9. The van der Waals surface area contributed by atoms with Gasteiger partial charge in [0.2, 0.25) is 0 Å². The molecule has 0 spiro atoms. The third kappa shape index (κ3) is 3.31. The standard InChI is InChI=1S/C18H20O/c1-14-9-11-16(12-10-14)17(19)18(2,3)13-15-7-5-4-6-8-15/h4-12H,13H2,1-3H3. The first-order valence-corrected chi connectivity index (χ1v) is 6.64. The van der Waals surface area contributed by atoms with E-state index in [-0.39, 0.29) is 11.2 Å². The highest BCUT2D eigenvalue weighted by atomic mass is 16.1. The van der Waals surface area contributed by atoms with Gasteiger partial charge in [0.15, 0.2) is 5.78 Å². The summed E-state index contributed by atoms with van der Waals surface area (Å²) in [5, 5.41) is 0. The zero-order valence-corrected chi connectivity index (χ0v) is 11.8. The van der Waals surface area contributed by atoms with E-state index in [4.69, 9.17) is 0 Å². The van der Waals surface area contributed by atoms with Gasteiger partial charge in [0.1, 0.15) is 0 Å². The van der Waals surface area contributed by atoms with Gasteiger partial charge in [-0.05, 0) is 18.9 Å². The van der Waals surface area contributed by atoms with Crippen LogP contribution in [0.25, 0.3) is 0 Å². The van der Waals surface area contributed by atoms with E-state index in [2.05, 4.69) is 12.1 Å². The molecule has 0 amide bonds. The number of ketones is 1. The third-order valence-corrected chi connectivity index (χ3v) is 3.42. The van der Waals surface area contributed by atoms with Crippen molar-refractivity contribution in [3.05, 3.63) is 71.3 Å². The lowest BCUT2D eigenvalue weighted by Crippen LogP contribution is -2.26. The Morgan fingerprint density at radius 2 is 1.53 bits per heavy atom. The molecule has 1 nitrogen and oxygen atoms in total. The van der Waals surface area contributed by atoms with E-state index in [9.17, 15) is 4.79 Å². The smallest absolute Gasteiger partial charge is 0.168 e. The molecular weight excluding hydrogens is 232 g/mol. The molecule has 0 atom stereocenters. The van der Waals surface area contributed by atoms with Gasteiger partial charge in [-0.3, -0.25) is 4.79 Å². The van der Waals surface area contributed by atoms with E-state index < -0.39 is 0 Å². The lowest BCUT2D eigenvalue weighted by atomic mass is 9.79. The van der Waals surface area contributed by atoms with Gasteiger partial charge in [-0.1, -0.05) is 74.0 Å². The minimum absolute atomic E-state index is 0.205. The van der Waals surface area contributed by atoms with Gasteiger partial charge in [0.25, 0.3) is 0 Å². The quantitative estimate of drug-likeness (QED) is 0.735. The Kier molecular flexibility index (Phi) is 3.84. The summed E-state index contributed by atoms with van der Waals surface area (Å²) in [5.74, 6) is 0.205. The van der Waals surface area contributed by atoms with Gasteiger partial charge in [0, 0.05) is 11.0 Å². The first kappa shape index (κ1) is 13.5. The predicted octanol–water partition coefficient (Wildman–Crippen LogP) is 4.45. The van der Waals surface area contributed by atoms with Crippen LogP contribution in [0.3, 0.4) is 0 Å². The fourth-order valence-corrected chi connectivity index (χ4v) is 2.28. The molecule has 0 saturated carbocycles. The molecule has 1 heteroatoms. The average Bonchev–Trinajstić information content (AvgIpc) is 2.39. The summed E-state index contributed by atoms with van der Waals surface area (Å²) in [5.41, 5.74) is 2.80. The van der Waals surface area contributed by atoms with Crippen molar-refractivity contribution < 1.29 is 4.79 Å². The largest absolute Gasteiger partial charge is 0.294 e. The number of carbonyl (C=O) groups excluding carboxylic acids is 1. The molecule has 0 radical (unpaired) electrons. The Hall–Kier alpha value is -1.89. The third-order valence-electron chi connectivity index (χ3n) is 3.42. The number of rotatable bonds is 4. The van der Waals surface area contributed by atoms with Crippen molar-refractivity contribution in [3.63, 3.8) is 0 Å². The van der Waals surface area contributed by atoms with Gasteiger partial charge in [0.05, 0.1) is 0 Å². The fourth-order valence-electron chi connectivity index (χ4n) is 2.28. The molecule has 19 heavy (non-hydrogen) atoms. The molecule has 0 unspecified atom stereocenters. The topological polar surface area (TPSA) is 17.1 Å². The molecule has 2 aromatic rings. The Balaban J connectivity index is 2.19. The van der Waals surface area contributed by atoms with Crippen LogP contribution in [0.5, 0.6) is 0 Å². The van der Waals surface area contributed by atoms with E-state index in [1.165, 1.54) is 11.1 Å². The van der Waals surface area contributed by atoms with Crippen LogP contribution in [-0.4, -0.2) is 5.78 Å². The molecular formula is C18H20O. The predicted molar refractivity (Wildman–Crippen MR) is 79.4 cm³/mol. The fraction of sp³-hybridized carbons (Fsp3) is 0.278. The van der Waals surface area contributed by atoms with E-state index in [1.54, 1.807) is 0 Å². The van der Waals surface area contributed by atoms with Crippen molar-refractivity contribution in [1.29, 1.82) is 0 Å². The highest BCUT2D eigenvalue weighted by Crippen LogP contribution is 2.26. The lowest BCUT2D eigenvalue weighted by Gasteiger charge is -2.23. The minimum Gasteiger partial charge on any atom is -0.294 e. The first-order chi connectivity index (χ1) is 8.99. The molecule has 0 aliphatic carbocycles. The Labute approximate surface area is 115 Å². The minimum atomic E-state index is -0.378. The maximum Gasteiger partial charge on any atom is 0.168 e. The van der Waals surface area contributed by atoms with Crippen molar-refractivity contribution in [3.8, 4) is 0 Å². The summed E-state index contributed by atoms with van der Waals surface area (Å²) < 4.78 is 0. The summed E-state index contributed by atoms with van der Waals surface area (Å²) in [6.07, 6.45) is 0.764.